The number of amides is 1. The summed E-state index contributed by atoms with van der Waals surface area (Å²) in [4.78, 5) is 21.0. The lowest BCUT2D eigenvalue weighted by molar-refractivity contribution is -0.137. The van der Waals surface area contributed by atoms with Gasteiger partial charge in [-0.1, -0.05) is 0 Å². The molecule has 0 aliphatic carbocycles. The van der Waals surface area contributed by atoms with Crippen molar-refractivity contribution in [1.29, 1.82) is 5.41 Å². The summed E-state index contributed by atoms with van der Waals surface area (Å²) in [7, 11) is 7.22. The number of nitrogens with zero attached hydrogens (tertiary/aromatic N) is 6. The molecular weight excluding hydrogens is 511 g/mol. The third-order valence-corrected chi connectivity index (χ3v) is 6.35. The van der Waals surface area contributed by atoms with E-state index in [0.29, 0.717) is 35.7 Å². The quantitative estimate of drug-likeness (QED) is 0.203. The van der Waals surface area contributed by atoms with Crippen LogP contribution in [0.15, 0.2) is 36.7 Å². The van der Waals surface area contributed by atoms with E-state index in [1.54, 1.807) is 36.8 Å². The second-order valence-corrected chi connectivity index (χ2v) is 9.65. The lowest BCUT2D eigenvalue weighted by Gasteiger charge is -2.24. The lowest BCUT2D eigenvalue weighted by Crippen LogP contribution is -2.37. The van der Waals surface area contributed by atoms with Crippen molar-refractivity contribution in [3.63, 3.8) is 0 Å². The minimum atomic E-state index is -4.59. The SMILES string of the molecule is Cc1ncc(C(=O)Nc2cc(N(C)CCN(C)C)cc(C(F)(F)F)c2)cc1N(N)CC(=N)c1cnn(C)c1C. The Morgan fingerprint density at radius 2 is 1.79 bits per heavy atom. The van der Waals surface area contributed by atoms with Crippen LogP contribution in [0.2, 0.25) is 0 Å². The molecule has 1 amide bonds. The number of benzene rings is 1. The summed E-state index contributed by atoms with van der Waals surface area (Å²) in [5, 5.41) is 16.4. The van der Waals surface area contributed by atoms with Crippen molar-refractivity contribution < 1.29 is 18.0 Å². The molecule has 3 aromatic rings. The minimum Gasteiger partial charge on any atom is -0.373 e. The van der Waals surface area contributed by atoms with Crippen LogP contribution in [0.4, 0.5) is 30.2 Å². The second kappa shape index (κ2) is 11.8. The molecule has 0 fully saturated rings. The summed E-state index contributed by atoms with van der Waals surface area (Å²) >= 11 is 0. The number of hydrogen-bond acceptors (Lipinski definition) is 8. The summed E-state index contributed by atoms with van der Waals surface area (Å²) in [5.74, 6) is 5.60. The maximum Gasteiger partial charge on any atom is 0.416 e. The average Bonchev–Trinajstić information content (AvgIpc) is 3.19. The monoisotopic (exact) mass is 545 g/mol. The van der Waals surface area contributed by atoms with E-state index in [4.69, 9.17) is 11.3 Å². The molecule has 1 aromatic carbocycles. The molecule has 39 heavy (non-hydrogen) atoms. The van der Waals surface area contributed by atoms with E-state index in [0.717, 1.165) is 17.8 Å². The molecule has 0 aliphatic heterocycles. The largest absolute Gasteiger partial charge is 0.416 e. The molecule has 2 aromatic heterocycles. The maximum absolute atomic E-state index is 13.6. The number of aromatic nitrogens is 3. The van der Waals surface area contributed by atoms with Crippen molar-refractivity contribution in [1.82, 2.24) is 19.7 Å². The standard InChI is InChI=1S/C26H34F3N9O/c1-16-24(38(31)15-23(30)22-14-33-37(6)17(22)2)9-18(13-32-16)25(39)34-20-10-19(26(27,28)29)11-21(12-20)36(5)8-7-35(3)4/h9-14,30H,7-8,15,31H2,1-6H3,(H,34,39). The van der Waals surface area contributed by atoms with Crippen molar-refractivity contribution in [2.45, 2.75) is 20.0 Å². The van der Waals surface area contributed by atoms with Crippen LogP contribution in [0, 0.1) is 19.3 Å². The topological polar surface area (TPSA) is 119 Å². The van der Waals surface area contributed by atoms with Gasteiger partial charge >= 0.3 is 6.18 Å². The van der Waals surface area contributed by atoms with Crippen LogP contribution in [0.1, 0.15) is 32.9 Å². The zero-order valence-electron chi connectivity index (χ0n) is 22.9. The van der Waals surface area contributed by atoms with Crippen molar-refractivity contribution in [2.24, 2.45) is 12.9 Å². The first-order valence-corrected chi connectivity index (χ1v) is 12.1. The first-order chi connectivity index (χ1) is 18.2. The molecule has 0 saturated carbocycles. The van der Waals surface area contributed by atoms with E-state index in [1.807, 2.05) is 25.9 Å². The molecule has 2 heterocycles. The second-order valence-electron chi connectivity index (χ2n) is 9.65. The zero-order chi connectivity index (χ0) is 29.1. The van der Waals surface area contributed by atoms with E-state index in [2.05, 4.69) is 15.4 Å². The molecule has 3 rings (SSSR count). The molecule has 0 unspecified atom stereocenters. The first kappa shape index (κ1) is 29.6. The summed E-state index contributed by atoms with van der Waals surface area (Å²) in [6.07, 6.45) is -1.67. The molecule has 0 saturated heterocycles. The van der Waals surface area contributed by atoms with E-state index in [1.165, 1.54) is 23.3 Å². The van der Waals surface area contributed by atoms with Gasteiger partial charge < -0.3 is 25.5 Å². The molecule has 13 heteroatoms. The van der Waals surface area contributed by atoms with Gasteiger partial charge in [0.2, 0.25) is 0 Å². The summed E-state index contributed by atoms with van der Waals surface area (Å²) in [5.41, 5.74) is 2.17. The number of pyridine rings is 1. The van der Waals surface area contributed by atoms with Crippen LogP contribution in [0.3, 0.4) is 0 Å². The van der Waals surface area contributed by atoms with Gasteiger partial charge in [-0.15, -0.1) is 0 Å². The Labute approximate surface area is 225 Å². The van der Waals surface area contributed by atoms with Gasteiger partial charge in [-0.2, -0.15) is 18.3 Å². The number of nitrogens with two attached hydrogens (primary N) is 1. The van der Waals surface area contributed by atoms with Crippen molar-refractivity contribution in [2.75, 3.05) is 56.0 Å². The number of hydrazine groups is 1. The van der Waals surface area contributed by atoms with Crippen LogP contribution in [-0.2, 0) is 13.2 Å². The van der Waals surface area contributed by atoms with Gasteiger partial charge in [0.05, 0.1) is 41.0 Å². The highest BCUT2D eigenvalue weighted by Crippen LogP contribution is 2.34. The predicted molar refractivity (Wildman–Crippen MR) is 147 cm³/mol. The summed E-state index contributed by atoms with van der Waals surface area (Å²) < 4.78 is 42.6. The van der Waals surface area contributed by atoms with Gasteiger partial charge in [-0.3, -0.25) is 14.5 Å². The number of carbonyl (C=O) groups excluding carboxylic acids is 1. The minimum absolute atomic E-state index is 0.00193. The van der Waals surface area contributed by atoms with E-state index in [-0.39, 0.29) is 23.5 Å². The van der Waals surface area contributed by atoms with Crippen LogP contribution in [0.25, 0.3) is 0 Å². The molecule has 10 nitrogen and oxygen atoms in total. The van der Waals surface area contributed by atoms with E-state index in [9.17, 15) is 18.0 Å². The number of aryl methyl sites for hydroxylation is 2. The third-order valence-electron chi connectivity index (χ3n) is 6.35. The molecule has 0 bridgehead atoms. The molecular formula is C26H34F3N9O. The Morgan fingerprint density at radius 3 is 2.38 bits per heavy atom. The molecule has 210 valence electrons. The lowest BCUT2D eigenvalue weighted by atomic mass is 10.1. The number of carbonyl (C=O) groups is 1. The van der Waals surface area contributed by atoms with Crippen LogP contribution in [-0.4, -0.2) is 72.1 Å². The van der Waals surface area contributed by atoms with Crippen molar-refractivity contribution >= 4 is 28.7 Å². The molecule has 0 aliphatic rings. The first-order valence-electron chi connectivity index (χ1n) is 12.1. The highest BCUT2D eigenvalue weighted by atomic mass is 19.4. The average molecular weight is 546 g/mol. The number of anilines is 3. The zero-order valence-corrected chi connectivity index (χ0v) is 22.9. The fourth-order valence-corrected chi connectivity index (χ4v) is 3.82. The number of alkyl halides is 3. The number of rotatable bonds is 10. The Bertz CT molecular complexity index is 1350. The Kier molecular flexibility index (Phi) is 8.97. The number of hydrogen-bond donors (Lipinski definition) is 3. The van der Waals surface area contributed by atoms with Crippen LogP contribution < -0.4 is 21.1 Å². The Morgan fingerprint density at radius 1 is 1.10 bits per heavy atom. The third kappa shape index (κ3) is 7.33. The molecule has 4 N–H and O–H groups in total. The van der Waals surface area contributed by atoms with Crippen molar-refractivity contribution in [3.05, 3.63) is 64.7 Å². The van der Waals surface area contributed by atoms with Gasteiger partial charge in [0, 0.05) is 56.0 Å². The molecule has 0 spiro atoms. The highest BCUT2D eigenvalue weighted by Gasteiger charge is 2.32. The maximum atomic E-state index is 13.6. The van der Waals surface area contributed by atoms with Crippen LogP contribution in [0.5, 0.6) is 0 Å². The fourth-order valence-electron chi connectivity index (χ4n) is 3.82. The molecule has 0 radical (unpaired) electrons. The predicted octanol–water partition coefficient (Wildman–Crippen LogP) is 3.45. The number of nitrogens with one attached hydrogen (secondary N) is 2. The van der Waals surface area contributed by atoms with Gasteiger partial charge in [0.25, 0.3) is 5.91 Å². The summed E-state index contributed by atoms with van der Waals surface area (Å²) in [6, 6.07) is 4.95. The highest BCUT2D eigenvalue weighted by molar-refractivity contribution is 6.05. The summed E-state index contributed by atoms with van der Waals surface area (Å²) in [6.45, 7) is 4.70. The Balaban J connectivity index is 1.84. The molecule has 0 atom stereocenters. The van der Waals surface area contributed by atoms with E-state index >= 15 is 0 Å². The van der Waals surface area contributed by atoms with Gasteiger partial charge in [0.15, 0.2) is 0 Å². The smallest absolute Gasteiger partial charge is 0.373 e. The fraction of sp³-hybridized carbons (Fsp3) is 0.385. The van der Waals surface area contributed by atoms with Gasteiger partial charge in [-0.05, 0) is 52.2 Å². The van der Waals surface area contributed by atoms with Crippen LogP contribution >= 0.6 is 0 Å². The van der Waals surface area contributed by atoms with Gasteiger partial charge in [-0.25, -0.2) is 5.84 Å². The van der Waals surface area contributed by atoms with E-state index < -0.39 is 17.6 Å². The van der Waals surface area contributed by atoms with Crippen molar-refractivity contribution in [3.8, 4) is 0 Å². The normalized spacial score (nSPS) is 11.6. The Hall–Kier alpha value is -3.97. The number of likely N-dealkylation sites (N-methyl/N-ethyl adjacent to an activating group) is 2. The van der Waals surface area contributed by atoms with Gasteiger partial charge in [0.1, 0.15) is 0 Å². The number of halogens is 3.